The number of hydrogen-bond donors (Lipinski definition) is 1. The summed E-state index contributed by atoms with van der Waals surface area (Å²) in [6, 6.07) is 0. The van der Waals surface area contributed by atoms with Crippen LogP contribution < -0.4 is 0 Å². The third-order valence-electron chi connectivity index (χ3n) is 3.44. The Morgan fingerprint density at radius 2 is 2.19 bits per heavy atom. The Morgan fingerprint density at radius 3 is 2.81 bits per heavy atom. The molecule has 118 valence electrons. The van der Waals surface area contributed by atoms with Crippen LogP contribution in [0.1, 0.15) is 38.4 Å². The minimum atomic E-state index is -0.915. The molecule has 0 spiro atoms. The predicted molar refractivity (Wildman–Crippen MR) is 74.7 cm³/mol. The highest BCUT2D eigenvalue weighted by atomic mass is 16.5. The van der Waals surface area contributed by atoms with Crippen LogP contribution in [0.3, 0.4) is 0 Å². The van der Waals surface area contributed by atoms with Gasteiger partial charge in [-0.1, -0.05) is 19.0 Å². The summed E-state index contributed by atoms with van der Waals surface area (Å²) in [5, 5.41) is 12.6. The minimum absolute atomic E-state index is 0.0409. The highest BCUT2D eigenvalue weighted by Gasteiger charge is 2.21. The van der Waals surface area contributed by atoms with Crippen molar-refractivity contribution in [3.05, 3.63) is 11.7 Å². The summed E-state index contributed by atoms with van der Waals surface area (Å²) in [5.41, 5.74) is 0. The molecule has 1 aromatic rings. The highest BCUT2D eigenvalue weighted by molar-refractivity contribution is 5.68. The van der Waals surface area contributed by atoms with Gasteiger partial charge in [0.2, 0.25) is 5.89 Å². The number of aliphatic carboxylic acids is 1. The third kappa shape index (κ3) is 5.43. The van der Waals surface area contributed by atoms with Gasteiger partial charge in [0.25, 0.3) is 0 Å². The normalized spacial score (nSPS) is 17.5. The second-order valence-electron chi connectivity index (χ2n) is 5.88. The van der Waals surface area contributed by atoms with Crippen LogP contribution in [-0.4, -0.2) is 51.9 Å². The lowest BCUT2D eigenvalue weighted by molar-refractivity contribution is -0.145. The number of carboxylic acids is 1. The van der Waals surface area contributed by atoms with Gasteiger partial charge in [-0.25, -0.2) is 4.79 Å². The first-order valence-electron chi connectivity index (χ1n) is 7.40. The molecule has 0 radical (unpaired) electrons. The van der Waals surface area contributed by atoms with Gasteiger partial charge in [-0.15, -0.1) is 0 Å². The molecule has 7 nitrogen and oxygen atoms in total. The number of hydrogen-bond acceptors (Lipinski definition) is 6. The Morgan fingerprint density at radius 1 is 1.48 bits per heavy atom. The Hall–Kier alpha value is -1.47. The summed E-state index contributed by atoms with van der Waals surface area (Å²) in [6.07, 6.45) is 2.52. The summed E-state index contributed by atoms with van der Waals surface area (Å²) in [4.78, 5) is 17.1. The van der Waals surface area contributed by atoms with Crippen molar-refractivity contribution in [3.63, 3.8) is 0 Å². The van der Waals surface area contributed by atoms with Gasteiger partial charge in [0.1, 0.15) is 6.61 Å². The number of nitrogens with zero attached hydrogens (tertiary/aromatic N) is 3. The number of carbonyl (C=O) groups is 1. The second-order valence-corrected chi connectivity index (χ2v) is 5.88. The fourth-order valence-electron chi connectivity index (χ4n) is 2.41. The molecule has 7 heteroatoms. The van der Waals surface area contributed by atoms with Crippen LogP contribution in [0.4, 0.5) is 0 Å². The van der Waals surface area contributed by atoms with Crippen LogP contribution in [0.5, 0.6) is 0 Å². The van der Waals surface area contributed by atoms with Crippen molar-refractivity contribution in [2.24, 2.45) is 5.92 Å². The topological polar surface area (TPSA) is 88.7 Å². The number of carboxylic acid groups (broad SMARTS) is 1. The zero-order valence-corrected chi connectivity index (χ0v) is 12.6. The van der Waals surface area contributed by atoms with Crippen LogP contribution in [0.2, 0.25) is 0 Å². The van der Waals surface area contributed by atoms with Crippen LogP contribution in [0, 0.1) is 5.92 Å². The Kier molecular flexibility index (Phi) is 5.69. The third-order valence-corrected chi connectivity index (χ3v) is 3.44. The fourth-order valence-corrected chi connectivity index (χ4v) is 2.41. The maximum Gasteiger partial charge on any atom is 0.329 e. The molecule has 2 rings (SSSR count). The van der Waals surface area contributed by atoms with Crippen molar-refractivity contribution in [2.75, 3.05) is 19.7 Å². The number of likely N-dealkylation sites (tertiary alicyclic amines) is 1. The first-order valence-corrected chi connectivity index (χ1v) is 7.40. The van der Waals surface area contributed by atoms with Gasteiger partial charge >= 0.3 is 5.97 Å². The molecule has 1 aromatic heterocycles. The van der Waals surface area contributed by atoms with Crippen molar-refractivity contribution in [1.29, 1.82) is 0 Å². The maximum atomic E-state index is 10.5. The molecule has 0 atom stereocenters. The van der Waals surface area contributed by atoms with E-state index in [2.05, 4.69) is 28.9 Å². The Bertz CT molecular complexity index is 453. The van der Waals surface area contributed by atoms with E-state index in [0.29, 0.717) is 18.4 Å². The average molecular weight is 297 g/mol. The molecule has 0 aromatic carbocycles. The molecule has 1 fully saturated rings. The van der Waals surface area contributed by atoms with E-state index in [-0.39, 0.29) is 12.7 Å². The van der Waals surface area contributed by atoms with Crippen molar-refractivity contribution < 1.29 is 19.2 Å². The van der Waals surface area contributed by atoms with Gasteiger partial charge in [-0.3, -0.25) is 4.90 Å². The lowest BCUT2D eigenvalue weighted by Gasteiger charge is -2.30. The van der Waals surface area contributed by atoms with Gasteiger partial charge in [0, 0.05) is 19.5 Å². The minimum Gasteiger partial charge on any atom is -0.480 e. The van der Waals surface area contributed by atoms with Gasteiger partial charge in [-0.2, -0.15) is 4.98 Å². The molecule has 0 saturated carbocycles. The largest absolute Gasteiger partial charge is 0.480 e. The summed E-state index contributed by atoms with van der Waals surface area (Å²) in [6.45, 7) is 6.41. The first kappa shape index (κ1) is 15.9. The molecule has 0 aliphatic carbocycles. The number of ether oxygens (including phenoxy) is 1. The lowest BCUT2D eigenvalue weighted by atomic mass is 10.1. The monoisotopic (exact) mass is 297 g/mol. The summed E-state index contributed by atoms with van der Waals surface area (Å²) in [5.74, 6) is 0.998. The van der Waals surface area contributed by atoms with Gasteiger partial charge in [-0.05, 0) is 18.8 Å². The molecule has 21 heavy (non-hydrogen) atoms. The van der Waals surface area contributed by atoms with Crippen molar-refractivity contribution in [3.8, 4) is 0 Å². The summed E-state index contributed by atoms with van der Waals surface area (Å²) >= 11 is 0. The molecule has 1 N–H and O–H groups in total. The van der Waals surface area contributed by atoms with E-state index >= 15 is 0 Å². The average Bonchev–Trinajstić information content (AvgIpc) is 2.84. The van der Waals surface area contributed by atoms with E-state index in [1.807, 2.05) is 0 Å². The molecule has 1 aliphatic heterocycles. The van der Waals surface area contributed by atoms with E-state index in [0.717, 1.165) is 38.2 Å². The zero-order valence-electron chi connectivity index (χ0n) is 12.6. The predicted octanol–water partition coefficient (Wildman–Crippen LogP) is 1.33. The Balaban J connectivity index is 1.73. The smallest absolute Gasteiger partial charge is 0.329 e. The Labute approximate surface area is 124 Å². The van der Waals surface area contributed by atoms with E-state index in [4.69, 9.17) is 14.4 Å². The van der Waals surface area contributed by atoms with Gasteiger partial charge < -0.3 is 14.4 Å². The number of aromatic nitrogens is 2. The molecular formula is C14H23N3O4. The van der Waals surface area contributed by atoms with E-state index < -0.39 is 5.97 Å². The van der Waals surface area contributed by atoms with E-state index in [1.165, 1.54) is 0 Å². The quantitative estimate of drug-likeness (QED) is 0.812. The zero-order chi connectivity index (χ0) is 15.2. The van der Waals surface area contributed by atoms with Crippen LogP contribution in [-0.2, 0) is 22.5 Å². The van der Waals surface area contributed by atoms with Crippen molar-refractivity contribution in [1.82, 2.24) is 15.0 Å². The van der Waals surface area contributed by atoms with Crippen LogP contribution in [0.25, 0.3) is 0 Å². The molecule has 2 heterocycles. The van der Waals surface area contributed by atoms with Gasteiger partial charge in [0.15, 0.2) is 5.82 Å². The SMILES string of the molecule is CC(C)Cc1nc(CN2CCC(OCC(=O)O)CC2)no1. The van der Waals surface area contributed by atoms with Crippen LogP contribution >= 0.6 is 0 Å². The highest BCUT2D eigenvalue weighted by Crippen LogP contribution is 2.15. The number of piperidine rings is 1. The fraction of sp³-hybridized carbons (Fsp3) is 0.786. The van der Waals surface area contributed by atoms with E-state index in [1.54, 1.807) is 0 Å². The van der Waals surface area contributed by atoms with Crippen molar-refractivity contribution in [2.45, 2.75) is 45.8 Å². The molecule has 0 unspecified atom stereocenters. The van der Waals surface area contributed by atoms with Crippen LogP contribution in [0.15, 0.2) is 4.52 Å². The molecule has 1 saturated heterocycles. The molecule has 0 bridgehead atoms. The van der Waals surface area contributed by atoms with Crippen molar-refractivity contribution >= 4 is 5.97 Å². The maximum absolute atomic E-state index is 10.5. The standard InChI is InChI=1S/C14H23N3O4/c1-10(2)7-13-15-12(16-21-13)8-17-5-3-11(4-6-17)20-9-14(18)19/h10-11H,3-9H2,1-2H3,(H,18,19). The number of rotatable bonds is 7. The summed E-state index contributed by atoms with van der Waals surface area (Å²) in [7, 11) is 0. The molecule has 1 aliphatic rings. The summed E-state index contributed by atoms with van der Waals surface area (Å²) < 4.78 is 10.5. The molecule has 0 amide bonds. The van der Waals surface area contributed by atoms with Gasteiger partial charge in [0.05, 0.1) is 12.6 Å². The first-order chi connectivity index (χ1) is 10.0. The second kappa shape index (κ2) is 7.51. The lowest BCUT2D eigenvalue weighted by Crippen LogP contribution is -2.37. The molecular weight excluding hydrogens is 274 g/mol. The van der Waals surface area contributed by atoms with E-state index in [9.17, 15) is 4.79 Å².